The average molecular weight is 367 g/mol. The van der Waals surface area contributed by atoms with E-state index >= 15 is 0 Å². The van der Waals surface area contributed by atoms with Gasteiger partial charge in [-0.25, -0.2) is 0 Å². The van der Waals surface area contributed by atoms with Crippen molar-refractivity contribution in [3.05, 3.63) is 95.9 Å². The van der Waals surface area contributed by atoms with Gasteiger partial charge >= 0.3 is 0 Å². The summed E-state index contributed by atoms with van der Waals surface area (Å²) in [6.45, 7) is 4.46. The number of aromatic nitrogens is 2. The molecule has 2 aromatic heterocycles. The summed E-state index contributed by atoms with van der Waals surface area (Å²) in [4.78, 5) is 8.74. The first kappa shape index (κ1) is 18.3. The molecular formula is C25H25N3. The van der Waals surface area contributed by atoms with Crippen molar-refractivity contribution in [2.45, 2.75) is 32.2 Å². The number of pyridine rings is 2. The van der Waals surface area contributed by atoms with Crippen LogP contribution in [0, 0.1) is 0 Å². The van der Waals surface area contributed by atoms with Crippen LogP contribution in [-0.2, 0) is 6.42 Å². The minimum Gasteiger partial charge on any atom is -0.324 e. The molecule has 0 saturated heterocycles. The standard InChI is InChI=1S/C25H25N3/c1-17(2)22-15-21-7-4-10-28-25(21)23(16-22)20-6-3-5-18(13-20)14-24(26)19-8-11-27-12-9-19/h3-13,15-17,24H,14,26H2,1-2H3. The molecule has 140 valence electrons. The highest BCUT2D eigenvalue weighted by molar-refractivity contribution is 5.94. The molecule has 28 heavy (non-hydrogen) atoms. The van der Waals surface area contributed by atoms with Gasteiger partial charge in [0.25, 0.3) is 0 Å². The Hall–Kier alpha value is -3.04. The van der Waals surface area contributed by atoms with Gasteiger partial charge < -0.3 is 5.73 Å². The molecule has 0 spiro atoms. The molecule has 0 bridgehead atoms. The second-order valence-corrected chi connectivity index (χ2v) is 7.59. The van der Waals surface area contributed by atoms with Gasteiger partial charge in [-0.2, -0.15) is 0 Å². The highest BCUT2D eigenvalue weighted by Crippen LogP contribution is 2.32. The van der Waals surface area contributed by atoms with E-state index in [1.165, 1.54) is 27.6 Å². The van der Waals surface area contributed by atoms with Crippen LogP contribution < -0.4 is 5.73 Å². The summed E-state index contributed by atoms with van der Waals surface area (Å²) < 4.78 is 0. The molecule has 3 nitrogen and oxygen atoms in total. The molecule has 0 amide bonds. The van der Waals surface area contributed by atoms with Crippen LogP contribution in [0.25, 0.3) is 22.0 Å². The lowest BCUT2D eigenvalue weighted by molar-refractivity contribution is 0.720. The predicted molar refractivity (Wildman–Crippen MR) is 116 cm³/mol. The van der Waals surface area contributed by atoms with Gasteiger partial charge in [-0.15, -0.1) is 0 Å². The van der Waals surface area contributed by atoms with Gasteiger partial charge in [0.1, 0.15) is 0 Å². The van der Waals surface area contributed by atoms with Crippen LogP contribution in [0.1, 0.15) is 42.5 Å². The Morgan fingerprint density at radius 2 is 1.68 bits per heavy atom. The van der Waals surface area contributed by atoms with Crippen molar-refractivity contribution in [1.29, 1.82) is 0 Å². The Balaban J connectivity index is 1.73. The molecule has 0 saturated carbocycles. The largest absolute Gasteiger partial charge is 0.324 e. The van der Waals surface area contributed by atoms with E-state index in [1.54, 1.807) is 12.4 Å². The third-order valence-corrected chi connectivity index (χ3v) is 5.22. The van der Waals surface area contributed by atoms with Crippen LogP contribution in [0.5, 0.6) is 0 Å². The molecule has 1 atom stereocenters. The SMILES string of the molecule is CC(C)c1cc(-c2cccc(CC(N)c3ccncc3)c2)c2ncccc2c1. The van der Waals surface area contributed by atoms with Gasteiger partial charge in [-0.3, -0.25) is 9.97 Å². The minimum atomic E-state index is -0.0462. The number of benzene rings is 2. The maximum absolute atomic E-state index is 6.43. The Morgan fingerprint density at radius 3 is 2.46 bits per heavy atom. The van der Waals surface area contributed by atoms with Crippen molar-refractivity contribution < 1.29 is 0 Å². The number of fused-ring (bicyclic) bond motifs is 1. The maximum atomic E-state index is 6.43. The first-order valence-corrected chi connectivity index (χ1v) is 9.75. The van der Waals surface area contributed by atoms with Crippen molar-refractivity contribution in [1.82, 2.24) is 9.97 Å². The van der Waals surface area contributed by atoms with E-state index in [9.17, 15) is 0 Å². The Kier molecular flexibility index (Phi) is 5.18. The van der Waals surface area contributed by atoms with E-state index in [0.717, 1.165) is 17.5 Å². The Morgan fingerprint density at radius 1 is 0.857 bits per heavy atom. The fraction of sp³-hybridized carbons (Fsp3) is 0.200. The summed E-state index contributed by atoms with van der Waals surface area (Å²) in [5.74, 6) is 0.464. The third-order valence-electron chi connectivity index (χ3n) is 5.22. The molecule has 4 rings (SSSR count). The van der Waals surface area contributed by atoms with E-state index < -0.39 is 0 Å². The number of nitrogens with zero attached hydrogens (tertiary/aromatic N) is 2. The van der Waals surface area contributed by atoms with Crippen molar-refractivity contribution in [2.24, 2.45) is 5.73 Å². The fourth-order valence-corrected chi connectivity index (χ4v) is 3.62. The average Bonchev–Trinajstić information content (AvgIpc) is 2.73. The van der Waals surface area contributed by atoms with Crippen molar-refractivity contribution in [3.8, 4) is 11.1 Å². The second kappa shape index (κ2) is 7.91. The molecule has 0 radical (unpaired) electrons. The van der Waals surface area contributed by atoms with E-state index in [1.807, 2.05) is 24.4 Å². The van der Waals surface area contributed by atoms with Gasteiger partial charge in [0.05, 0.1) is 5.52 Å². The normalized spacial score (nSPS) is 12.4. The molecule has 0 aliphatic carbocycles. The van der Waals surface area contributed by atoms with Crippen LogP contribution in [0.2, 0.25) is 0 Å². The van der Waals surface area contributed by atoms with Crippen LogP contribution in [0.3, 0.4) is 0 Å². The van der Waals surface area contributed by atoms with Crippen molar-refractivity contribution in [3.63, 3.8) is 0 Å². The summed E-state index contributed by atoms with van der Waals surface area (Å²) in [5.41, 5.74) is 13.5. The highest BCUT2D eigenvalue weighted by Gasteiger charge is 2.12. The van der Waals surface area contributed by atoms with E-state index in [0.29, 0.717) is 5.92 Å². The van der Waals surface area contributed by atoms with Crippen molar-refractivity contribution >= 4 is 10.9 Å². The summed E-state index contributed by atoms with van der Waals surface area (Å²) in [6.07, 6.45) is 6.23. The molecule has 0 fully saturated rings. The number of hydrogen-bond acceptors (Lipinski definition) is 3. The molecule has 2 heterocycles. The van der Waals surface area contributed by atoms with Crippen LogP contribution in [0.15, 0.2) is 79.3 Å². The fourth-order valence-electron chi connectivity index (χ4n) is 3.62. The quantitative estimate of drug-likeness (QED) is 0.495. The molecule has 1 unspecified atom stereocenters. The summed E-state index contributed by atoms with van der Waals surface area (Å²) in [5, 5.41) is 1.18. The smallest absolute Gasteiger partial charge is 0.0780 e. The summed E-state index contributed by atoms with van der Waals surface area (Å²) in [7, 11) is 0. The van der Waals surface area contributed by atoms with Crippen molar-refractivity contribution in [2.75, 3.05) is 0 Å². The predicted octanol–water partition coefficient (Wildman–Crippen LogP) is 5.66. The number of nitrogens with two attached hydrogens (primary N) is 1. The zero-order valence-corrected chi connectivity index (χ0v) is 16.3. The van der Waals surface area contributed by atoms with E-state index in [4.69, 9.17) is 5.73 Å². The first-order valence-electron chi connectivity index (χ1n) is 9.75. The first-order chi connectivity index (χ1) is 13.6. The molecular weight excluding hydrogens is 342 g/mol. The van der Waals surface area contributed by atoms with Crippen LogP contribution in [-0.4, -0.2) is 9.97 Å². The number of hydrogen-bond donors (Lipinski definition) is 1. The molecule has 0 aliphatic rings. The monoisotopic (exact) mass is 367 g/mol. The van der Waals surface area contributed by atoms with Crippen LogP contribution >= 0.6 is 0 Å². The minimum absolute atomic E-state index is 0.0462. The summed E-state index contributed by atoms with van der Waals surface area (Å²) >= 11 is 0. The highest BCUT2D eigenvalue weighted by atomic mass is 14.7. The van der Waals surface area contributed by atoms with Gasteiger partial charge in [-0.05, 0) is 64.9 Å². The molecule has 3 heteroatoms. The van der Waals surface area contributed by atoms with Gasteiger partial charge in [-0.1, -0.05) is 44.2 Å². The van der Waals surface area contributed by atoms with Gasteiger partial charge in [0.2, 0.25) is 0 Å². The molecule has 0 aliphatic heterocycles. The molecule has 2 aromatic carbocycles. The Bertz CT molecular complexity index is 1090. The van der Waals surface area contributed by atoms with E-state index in [2.05, 4.69) is 66.3 Å². The topological polar surface area (TPSA) is 51.8 Å². The zero-order chi connectivity index (χ0) is 19.5. The molecule has 4 aromatic rings. The molecule has 2 N–H and O–H groups in total. The maximum Gasteiger partial charge on any atom is 0.0780 e. The Labute approximate surface area is 166 Å². The summed E-state index contributed by atoms with van der Waals surface area (Å²) in [6, 6.07) is 21.3. The number of rotatable bonds is 5. The van der Waals surface area contributed by atoms with Gasteiger partial charge in [0.15, 0.2) is 0 Å². The second-order valence-electron chi connectivity index (χ2n) is 7.59. The lowest BCUT2D eigenvalue weighted by atomic mass is 9.92. The zero-order valence-electron chi connectivity index (χ0n) is 16.3. The lowest BCUT2D eigenvalue weighted by Crippen LogP contribution is -2.13. The lowest BCUT2D eigenvalue weighted by Gasteiger charge is -2.15. The van der Waals surface area contributed by atoms with E-state index in [-0.39, 0.29) is 6.04 Å². The van der Waals surface area contributed by atoms with Gasteiger partial charge in [0, 0.05) is 35.6 Å². The third kappa shape index (κ3) is 3.80. The van der Waals surface area contributed by atoms with Crippen LogP contribution in [0.4, 0.5) is 0 Å².